The first-order valence-electron chi connectivity index (χ1n) is 13.7. The molecule has 40 heavy (non-hydrogen) atoms. The monoisotopic (exact) mass is 512 g/mol. The van der Waals surface area contributed by atoms with Crippen molar-refractivity contribution in [1.82, 2.24) is 9.13 Å². The Morgan fingerprint density at radius 2 is 1.02 bits per heavy atom. The highest BCUT2D eigenvalue weighted by Gasteiger charge is 2.10. The molecule has 0 fully saturated rings. The normalized spacial score (nSPS) is 12.0. The molecule has 0 aliphatic carbocycles. The van der Waals surface area contributed by atoms with Gasteiger partial charge in [0.25, 0.3) is 0 Å². The summed E-state index contributed by atoms with van der Waals surface area (Å²) in [5.41, 5.74) is 9.41. The maximum absolute atomic E-state index is 5.81. The first kappa shape index (κ1) is 23.8. The van der Waals surface area contributed by atoms with Gasteiger partial charge in [0.15, 0.2) is 0 Å². The van der Waals surface area contributed by atoms with Crippen molar-refractivity contribution in [3.63, 3.8) is 0 Å². The Morgan fingerprint density at radius 3 is 1.70 bits per heavy atom. The molecule has 0 aliphatic heterocycles. The molecule has 0 saturated heterocycles. The summed E-state index contributed by atoms with van der Waals surface area (Å²) in [5, 5.41) is 4.98. The summed E-state index contributed by atoms with van der Waals surface area (Å²) in [7, 11) is 0. The zero-order valence-electron chi connectivity index (χ0n) is 22.4. The molecule has 0 spiro atoms. The van der Waals surface area contributed by atoms with E-state index in [0.29, 0.717) is 0 Å². The minimum Gasteiger partial charge on any atom is -0.341 e. The number of benzene rings is 5. The van der Waals surface area contributed by atoms with E-state index in [-0.39, 0.29) is 0 Å². The number of aryl methyl sites for hydroxylation is 1. The van der Waals surface area contributed by atoms with Crippen molar-refractivity contribution in [2.45, 2.75) is 13.5 Å². The Hall–Kier alpha value is -5.26. The van der Waals surface area contributed by atoms with Gasteiger partial charge in [0.2, 0.25) is 0 Å². The van der Waals surface area contributed by atoms with Crippen LogP contribution in [0.1, 0.15) is 29.2 Å². The van der Waals surface area contributed by atoms with Gasteiger partial charge < -0.3 is 4.57 Å². The molecule has 2 aromatic heterocycles. The minimum absolute atomic E-state index is 0.953. The van der Waals surface area contributed by atoms with Crippen LogP contribution in [-0.4, -0.2) is 9.13 Å². The lowest BCUT2D eigenvalue weighted by Gasteiger charge is -2.03. The fourth-order valence-corrected chi connectivity index (χ4v) is 5.85. The second-order valence-corrected chi connectivity index (χ2v) is 10.1. The van der Waals surface area contributed by atoms with Gasteiger partial charge in [-0.3, -0.25) is 4.57 Å². The highest BCUT2D eigenvalue weighted by molar-refractivity contribution is 6.10. The third kappa shape index (κ3) is 4.01. The fraction of sp³-hybridized carbons (Fsp3) is 0.0526. The average molecular weight is 513 g/mol. The van der Waals surface area contributed by atoms with Gasteiger partial charge in [-0.15, -0.1) is 0 Å². The van der Waals surface area contributed by atoms with Crippen LogP contribution >= 0.6 is 0 Å². The molecule has 2 heterocycles. The number of fused-ring (bicyclic) bond motifs is 6. The van der Waals surface area contributed by atoms with Crippen molar-refractivity contribution in [3.05, 3.63) is 131 Å². The van der Waals surface area contributed by atoms with Gasteiger partial charge in [0.1, 0.15) is 0 Å². The number of nitrogens with zero attached hydrogens (tertiary/aromatic N) is 2. The lowest BCUT2D eigenvalue weighted by molar-refractivity contribution is 0.827. The van der Waals surface area contributed by atoms with Crippen molar-refractivity contribution in [2.75, 3.05) is 0 Å². The van der Waals surface area contributed by atoms with Crippen LogP contribution in [0.4, 0.5) is 0 Å². The molecule has 0 unspecified atom stereocenters. The molecule has 0 N–H and O–H groups in total. The maximum atomic E-state index is 5.81. The van der Waals surface area contributed by atoms with E-state index in [1.54, 1.807) is 0 Å². The summed E-state index contributed by atoms with van der Waals surface area (Å²) in [4.78, 5) is 0. The van der Waals surface area contributed by atoms with Gasteiger partial charge >= 0.3 is 0 Å². The third-order valence-electron chi connectivity index (χ3n) is 7.81. The Morgan fingerprint density at radius 1 is 0.525 bits per heavy atom. The lowest BCUT2D eigenvalue weighted by atomic mass is 10.1. The van der Waals surface area contributed by atoms with E-state index in [0.717, 1.165) is 28.7 Å². The Balaban J connectivity index is 1.12. The average Bonchev–Trinajstić information content (AvgIpc) is 3.50. The summed E-state index contributed by atoms with van der Waals surface area (Å²) in [6.07, 6.45) is 14.5. The Bertz CT molecular complexity index is 2140. The molecule has 0 bridgehead atoms. The predicted octanol–water partition coefficient (Wildman–Crippen LogP) is 9.70. The summed E-state index contributed by atoms with van der Waals surface area (Å²) in [6, 6.07) is 41.6. The Labute approximate surface area is 234 Å². The Kier molecular flexibility index (Phi) is 5.84. The SMILES string of the molecule is C#Cn1c2ccccc2c2cc(/C=C/c3ccc(/C=C/c4ccc5c6ccccc6n(CC)c5c4)cc3)ccc21. The predicted molar refractivity (Wildman–Crippen MR) is 173 cm³/mol. The second-order valence-electron chi connectivity index (χ2n) is 10.1. The highest BCUT2D eigenvalue weighted by atomic mass is 15.0. The number of rotatable bonds is 5. The van der Waals surface area contributed by atoms with E-state index >= 15 is 0 Å². The van der Waals surface area contributed by atoms with Crippen molar-refractivity contribution < 1.29 is 0 Å². The summed E-state index contributed by atoms with van der Waals surface area (Å²) in [6.45, 7) is 3.16. The quantitative estimate of drug-likeness (QED) is 0.160. The van der Waals surface area contributed by atoms with E-state index in [1.807, 2.05) is 10.6 Å². The molecule has 7 rings (SSSR count). The molecular weight excluding hydrogens is 484 g/mol. The zero-order chi connectivity index (χ0) is 27.1. The minimum atomic E-state index is 0.953. The van der Waals surface area contributed by atoms with Crippen LogP contribution in [-0.2, 0) is 6.54 Å². The second kappa shape index (κ2) is 9.80. The van der Waals surface area contributed by atoms with Gasteiger partial charge in [-0.2, -0.15) is 0 Å². The number of terminal acetylenes is 1. The van der Waals surface area contributed by atoms with Crippen molar-refractivity contribution in [2.24, 2.45) is 0 Å². The van der Waals surface area contributed by atoms with Gasteiger partial charge in [0.05, 0.1) is 11.0 Å². The van der Waals surface area contributed by atoms with Crippen LogP contribution < -0.4 is 0 Å². The van der Waals surface area contributed by atoms with Crippen molar-refractivity contribution >= 4 is 67.9 Å². The molecule has 190 valence electrons. The molecule has 0 atom stereocenters. The number of hydrogen-bond acceptors (Lipinski definition) is 0. The topological polar surface area (TPSA) is 9.86 Å². The molecule has 5 aromatic carbocycles. The lowest BCUT2D eigenvalue weighted by Crippen LogP contribution is -1.92. The molecular formula is C38H28N2. The molecule has 0 amide bonds. The van der Waals surface area contributed by atoms with Crippen LogP contribution in [0.15, 0.2) is 109 Å². The highest BCUT2D eigenvalue weighted by Crippen LogP contribution is 2.31. The van der Waals surface area contributed by atoms with Crippen molar-refractivity contribution in [1.29, 1.82) is 0 Å². The van der Waals surface area contributed by atoms with Crippen LogP contribution in [0.25, 0.3) is 67.9 Å². The standard InChI is InChI=1S/C38H28N2/c1-3-39-36-12-8-6-10-32(36)34-25-29(22-24-37(34)39)19-17-27-13-15-28(16-14-27)18-20-30-21-23-33-31-9-5-7-11-35(31)40(4-2)38(33)26-30/h1,5-26H,4H2,2H3/b19-17+,20-18+. The molecule has 2 heteroatoms. The van der Waals surface area contributed by atoms with E-state index in [9.17, 15) is 0 Å². The van der Waals surface area contributed by atoms with Gasteiger partial charge in [-0.1, -0.05) is 110 Å². The number of aromatic nitrogens is 2. The number of para-hydroxylation sites is 2. The molecule has 0 saturated carbocycles. The van der Waals surface area contributed by atoms with Crippen molar-refractivity contribution in [3.8, 4) is 12.5 Å². The van der Waals surface area contributed by atoms with E-state index in [4.69, 9.17) is 6.42 Å². The van der Waals surface area contributed by atoms with Gasteiger partial charge in [-0.25, -0.2) is 0 Å². The third-order valence-corrected chi connectivity index (χ3v) is 7.81. The van der Waals surface area contributed by atoms with E-state index in [1.165, 1.54) is 43.7 Å². The van der Waals surface area contributed by atoms with Crippen LogP contribution in [0.3, 0.4) is 0 Å². The molecule has 0 radical (unpaired) electrons. The van der Waals surface area contributed by atoms with Crippen LogP contribution in [0.2, 0.25) is 0 Å². The molecule has 2 nitrogen and oxygen atoms in total. The largest absolute Gasteiger partial charge is 0.341 e. The smallest absolute Gasteiger partial charge is 0.0625 e. The molecule has 0 aliphatic rings. The number of hydrogen-bond donors (Lipinski definition) is 0. The summed E-state index contributed by atoms with van der Waals surface area (Å²) < 4.78 is 4.32. The van der Waals surface area contributed by atoms with E-state index in [2.05, 4.69) is 145 Å². The maximum Gasteiger partial charge on any atom is 0.0625 e. The van der Waals surface area contributed by atoms with Gasteiger partial charge in [-0.05, 0) is 59.5 Å². The molecule has 7 aromatic rings. The van der Waals surface area contributed by atoms with Crippen LogP contribution in [0.5, 0.6) is 0 Å². The van der Waals surface area contributed by atoms with Crippen LogP contribution in [0, 0.1) is 12.5 Å². The first-order valence-corrected chi connectivity index (χ1v) is 13.7. The fourth-order valence-electron chi connectivity index (χ4n) is 5.85. The first-order chi connectivity index (χ1) is 19.7. The summed E-state index contributed by atoms with van der Waals surface area (Å²) in [5.74, 6) is 0. The summed E-state index contributed by atoms with van der Waals surface area (Å²) >= 11 is 0. The van der Waals surface area contributed by atoms with E-state index < -0.39 is 0 Å². The zero-order valence-corrected chi connectivity index (χ0v) is 22.4. The van der Waals surface area contributed by atoms with Gasteiger partial charge in [0, 0.05) is 45.2 Å².